The number of alkyl halides is 2. The predicted molar refractivity (Wildman–Crippen MR) is 65.7 cm³/mol. The van der Waals surface area contributed by atoms with E-state index in [9.17, 15) is 14.0 Å². The number of nitrogens with one attached hydrogen (secondary N) is 1. The number of carbonyl (C=O) groups is 2. The standard InChI is InChI=1S/C11H16ClFN2O5/c1-2-19-10-8(12)9(17)14-11(18)15(10)7-3-5(13)6(4-16)20-7/h5-8,10,16H,2-4H2,1H3,(H,14,17,18). The van der Waals surface area contributed by atoms with Crippen LogP contribution in [-0.2, 0) is 14.3 Å². The minimum absolute atomic E-state index is 0.111. The number of hydrogen-bond donors (Lipinski definition) is 2. The lowest BCUT2D eigenvalue weighted by molar-refractivity contribution is -0.149. The molecule has 9 heteroatoms. The van der Waals surface area contributed by atoms with E-state index in [1.807, 2.05) is 0 Å². The Morgan fingerprint density at radius 1 is 1.60 bits per heavy atom. The van der Waals surface area contributed by atoms with Crippen molar-refractivity contribution in [3.05, 3.63) is 0 Å². The Morgan fingerprint density at radius 3 is 2.85 bits per heavy atom. The zero-order valence-corrected chi connectivity index (χ0v) is 11.5. The minimum Gasteiger partial charge on any atom is -0.394 e. The first-order valence-corrected chi connectivity index (χ1v) is 6.72. The van der Waals surface area contributed by atoms with Gasteiger partial charge >= 0.3 is 6.03 Å². The van der Waals surface area contributed by atoms with E-state index in [1.165, 1.54) is 0 Å². The van der Waals surface area contributed by atoms with Crippen LogP contribution in [0.4, 0.5) is 9.18 Å². The molecule has 5 unspecified atom stereocenters. The normalized spacial score (nSPS) is 38.2. The van der Waals surface area contributed by atoms with Crippen LogP contribution in [0.25, 0.3) is 0 Å². The number of hydrogen-bond acceptors (Lipinski definition) is 5. The van der Waals surface area contributed by atoms with Gasteiger partial charge in [-0.25, -0.2) is 9.18 Å². The first-order chi connectivity index (χ1) is 9.49. The largest absolute Gasteiger partial charge is 0.394 e. The Morgan fingerprint density at radius 2 is 2.30 bits per heavy atom. The second kappa shape index (κ2) is 6.21. The zero-order chi connectivity index (χ0) is 14.9. The van der Waals surface area contributed by atoms with Crippen molar-refractivity contribution in [3.8, 4) is 0 Å². The number of aliphatic hydroxyl groups excluding tert-OH is 1. The fraction of sp³-hybridized carbons (Fsp3) is 0.818. The third-order valence-electron chi connectivity index (χ3n) is 3.23. The van der Waals surface area contributed by atoms with E-state index in [1.54, 1.807) is 6.92 Å². The molecule has 0 saturated carbocycles. The molecule has 3 amide bonds. The topological polar surface area (TPSA) is 88.1 Å². The van der Waals surface area contributed by atoms with E-state index in [2.05, 4.69) is 5.32 Å². The second-order valence-corrected chi connectivity index (χ2v) is 4.98. The quantitative estimate of drug-likeness (QED) is 0.711. The van der Waals surface area contributed by atoms with Gasteiger partial charge in [-0.2, -0.15) is 0 Å². The summed E-state index contributed by atoms with van der Waals surface area (Å²) in [6.07, 6.45) is -4.47. The monoisotopic (exact) mass is 310 g/mol. The second-order valence-electron chi connectivity index (χ2n) is 4.51. The number of halogens is 2. The van der Waals surface area contributed by atoms with Crippen molar-refractivity contribution in [1.82, 2.24) is 10.2 Å². The molecule has 2 aliphatic rings. The summed E-state index contributed by atoms with van der Waals surface area (Å²) < 4.78 is 24.2. The number of amides is 3. The third kappa shape index (κ3) is 2.73. The van der Waals surface area contributed by atoms with Crippen LogP contribution in [0.1, 0.15) is 13.3 Å². The molecule has 0 aromatic heterocycles. The summed E-state index contributed by atoms with van der Waals surface area (Å²) in [7, 11) is 0. The van der Waals surface area contributed by atoms with E-state index < -0.39 is 48.7 Å². The highest BCUT2D eigenvalue weighted by molar-refractivity contribution is 6.33. The van der Waals surface area contributed by atoms with Gasteiger partial charge < -0.3 is 14.6 Å². The molecule has 0 aliphatic carbocycles. The Hall–Kier alpha value is -0.960. The Labute approximate surface area is 119 Å². The molecule has 20 heavy (non-hydrogen) atoms. The molecule has 2 N–H and O–H groups in total. The van der Waals surface area contributed by atoms with Crippen molar-refractivity contribution in [2.45, 2.75) is 43.5 Å². The summed E-state index contributed by atoms with van der Waals surface area (Å²) in [5.41, 5.74) is 0. The van der Waals surface area contributed by atoms with Crippen molar-refractivity contribution in [1.29, 1.82) is 0 Å². The van der Waals surface area contributed by atoms with Crippen LogP contribution in [-0.4, -0.2) is 65.3 Å². The van der Waals surface area contributed by atoms with E-state index in [0.29, 0.717) is 0 Å². The Bertz CT molecular complexity index is 399. The maximum Gasteiger partial charge on any atom is 0.328 e. The Balaban J connectivity index is 2.18. The van der Waals surface area contributed by atoms with Gasteiger partial charge in [-0.1, -0.05) is 0 Å². The molecule has 2 fully saturated rings. The van der Waals surface area contributed by atoms with Crippen LogP contribution < -0.4 is 5.32 Å². The highest BCUT2D eigenvalue weighted by Crippen LogP contribution is 2.30. The van der Waals surface area contributed by atoms with Gasteiger partial charge in [-0.15, -0.1) is 11.6 Å². The van der Waals surface area contributed by atoms with Crippen molar-refractivity contribution >= 4 is 23.5 Å². The van der Waals surface area contributed by atoms with E-state index in [0.717, 1.165) is 4.90 Å². The van der Waals surface area contributed by atoms with E-state index >= 15 is 0 Å². The number of imide groups is 1. The lowest BCUT2D eigenvalue weighted by Gasteiger charge is -2.40. The fourth-order valence-corrected chi connectivity index (χ4v) is 2.53. The van der Waals surface area contributed by atoms with Crippen LogP contribution >= 0.6 is 11.6 Å². The van der Waals surface area contributed by atoms with Crippen molar-refractivity contribution in [2.24, 2.45) is 0 Å². The van der Waals surface area contributed by atoms with Gasteiger partial charge in [0.2, 0.25) is 0 Å². The van der Waals surface area contributed by atoms with Gasteiger partial charge in [0.05, 0.1) is 6.61 Å². The fourth-order valence-electron chi connectivity index (χ4n) is 2.28. The predicted octanol–water partition coefficient (Wildman–Crippen LogP) is -0.0464. The summed E-state index contributed by atoms with van der Waals surface area (Å²) in [6.45, 7) is 1.42. The summed E-state index contributed by atoms with van der Waals surface area (Å²) in [5, 5.41) is 9.94. The number of ether oxygens (including phenoxy) is 2. The number of carbonyl (C=O) groups excluding carboxylic acids is 2. The van der Waals surface area contributed by atoms with Gasteiger partial charge in [0.1, 0.15) is 18.5 Å². The summed E-state index contributed by atoms with van der Waals surface area (Å²) in [5.74, 6) is -0.667. The van der Waals surface area contributed by atoms with Crippen molar-refractivity contribution < 1.29 is 28.6 Å². The van der Waals surface area contributed by atoms with Crippen molar-refractivity contribution in [2.75, 3.05) is 13.2 Å². The van der Waals surface area contributed by atoms with Crippen LogP contribution in [0.3, 0.4) is 0 Å². The molecule has 7 nitrogen and oxygen atoms in total. The van der Waals surface area contributed by atoms with Crippen LogP contribution in [0.15, 0.2) is 0 Å². The lowest BCUT2D eigenvalue weighted by Crippen LogP contribution is -2.64. The summed E-state index contributed by atoms with van der Waals surface area (Å²) >= 11 is 5.93. The number of rotatable bonds is 4. The molecule has 2 aliphatic heterocycles. The van der Waals surface area contributed by atoms with Gasteiger partial charge in [0, 0.05) is 13.0 Å². The average Bonchev–Trinajstić information content (AvgIpc) is 2.76. The molecule has 0 spiro atoms. The summed E-state index contributed by atoms with van der Waals surface area (Å²) in [6, 6.07) is -0.749. The average molecular weight is 311 g/mol. The molecule has 0 bridgehead atoms. The molecule has 2 rings (SSSR count). The molecule has 114 valence electrons. The molecule has 2 heterocycles. The van der Waals surface area contributed by atoms with Gasteiger partial charge in [0.15, 0.2) is 11.6 Å². The van der Waals surface area contributed by atoms with Gasteiger partial charge in [0.25, 0.3) is 5.91 Å². The number of urea groups is 1. The lowest BCUT2D eigenvalue weighted by atomic mass is 10.2. The molecule has 2 saturated heterocycles. The molecular formula is C11H16ClFN2O5. The van der Waals surface area contributed by atoms with Crippen LogP contribution in [0.5, 0.6) is 0 Å². The van der Waals surface area contributed by atoms with Gasteiger partial charge in [-0.3, -0.25) is 15.0 Å². The number of aliphatic hydroxyl groups is 1. The smallest absolute Gasteiger partial charge is 0.328 e. The van der Waals surface area contributed by atoms with E-state index in [4.69, 9.17) is 26.2 Å². The molecule has 0 aromatic carbocycles. The summed E-state index contributed by atoms with van der Waals surface area (Å²) in [4.78, 5) is 24.5. The van der Waals surface area contributed by atoms with Crippen LogP contribution in [0.2, 0.25) is 0 Å². The van der Waals surface area contributed by atoms with E-state index in [-0.39, 0.29) is 13.0 Å². The van der Waals surface area contributed by atoms with Crippen molar-refractivity contribution in [3.63, 3.8) is 0 Å². The Kier molecular flexibility index (Phi) is 4.79. The minimum atomic E-state index is -1.40. The maximum absolute atomic E-state index is 13.6. The molecule has 0 radical (unpaired) electrons. The first-order valence-electron chi connectivity index (χ1n) is 6.28. The molecular weight excluding hydrogens is 295 g/mol. The number of nitrogens with zero attached hydrogens (tertiary/aromatic N) is 1. The first kappa shape index (κ1) is 15.4. The van der Waals surface area contributed by atoms with Gasteiger partial charge in [-0.05, 0) is 6.92 Å². The third-order valence-corrected chi connectivity index (χ3v) is 3.64. The maximum atomic E-state index is 13.6. The highest BCUT2D eigenvalue weighted by Gasteiger charge is 2.49. The highest BCUT2D eigenvalue weighted by atomic mass is 35.5. The molecule has 5 atom stereocenters. The van der Waals surface area contributed by atoms with Crippen LogP contribution in [0, 0.1) is 0 Å². The SMILES string of the molecule is CCOC1C(Cl)C(=O)NC(=O)N1C1CC(F)C(CO)O1. The molecule has 0 aromatic rings. The zero-order valence-electron chi connectivity index (χ0n) is 10.8.